The van der Waals surface area contributed by atoms with Crippen LogP contribution in [0.3, 0.4) is 0 Å². The van der Waals surface area contributed by atoms with Gasteiger partial charge in [0.05, 0.1) is 16.1 Å². The zero-order valence-corrected chi connectivity index (χ0v) is 19.6. The van der Waals surface area contributed by atoms with Crippen molar-refractivity contribution in [2.45, 2.75) is 45.9 Å². The molecular weight excluding hydrogens is 434 g/mol. The number of rotatable bonds is 3. The Morgan fingerprint density at radius 2 is 1.94 bits per heavy atom. The van der Waals surface area contributed by atoms with Crippen LogP contribution in [0.1, 0.15) is 55.8 Å². The smallest absolute Gasteiger partial charge is 0.257 e. The number of fused-ring (bicyclic) bond motifs is 1. The fourth-order valence-electron chi connectivity index (χ4n) is 4.35. The van der Waals surface area contributed by atoms with E-state index >= 15 is 0 Å². The number of nitrogens with zero attached hydrogens (tertiary/aromatic N) is 3. The molecule has 2 amide bonds. The Morgan fingerprint density at radius 1 is 1.23 bits per heavy atom. The lowest BCUT2D eigenvalue weighted by atomic mass is 9.91. The van der Waals surface area contributed by atoms with Crippen LogP contribution < -0.4 is 0 Å². The molecule has 1 aliphatic carbocycles. The first-order valence-electron chi connectivity index (χ1n) is 10.4. The number of amides is 2. The predicted molar refractivity (Wildman–Crippen MR) is 123 cm³/mol. The Labute approximate surface area is 191 Å². The van der Waals surface area contributed by atoms with Crippen molar-refractivity contribution >= 4 is 40.2 Å². The van der Waals surface area contributed by atoms with Crippen LogP contribution in [0.4, 0.5) is 0 Å². The van der Waals surface area contributed by atoms with Gasteiger partial charge in [0, 0.05) is 35.4 Å². The van der Waals surface area contributed by atoms with Crippen molar-refractivity contribution in [2.75, 3.05) is 7.05 Å². The Balaban J connectivity index is 1.54. The van der Waals surface area contributed by atoms with Gasteiger partial charge in [0.25, 0.3) is 5.91 Å². The van der Waals surface area contributed by atoms with Gasteiger partial charge in [0.1, 0.15) is 0 Å². The van der Waals surface area contributed by atoms with Crippen molar-refractivity contribution in [2.24, 2.45) is 16.9 Å². The SMILES string of the molecule is CC1=C(SC2=NN(C)C(=O)C(C(C)C)C2)C(Cl)=CC(N2C(=O)c3ccccc3C2O)C1. The molecular formula is C23H26ClN3O3S. The van der Waals surface area contributed by atoms with Gasteiger partial charge in [-0.05, 0) is 31.4 Å². The maximum Gasteiger partial charge on any atom is 0.257 e. The highest BCUT2D eigenvalue weighted by atomic mass is 35.5. The first-order chi connectivity index (χ1) is 14.7. The summed E-state index contributed by atoms with van der Waals surface area (Å²) in [5.74, 6) is -0.0196. The van der Waals surface area contributed by atoms with Gasteiger partial charge in [-0.1, -0.05) is 61.0 Å². The van der Waals surface area contributed by atoms with E-state index in [4.69, 9.17) is 11.6 Å². The van der Waals surface area contributed by atoms with E-state index in [2.05, 4.69) is 5.10 Å². The maximum absolute atomic E-state index is 12.9. The van der Waals surface area contributed by atoms with E-state index in [1.54, 1.807) is 25.2 Å². The second kappa shape index (κ2) is 8.45. The van der Waals surface area contributed by atoms with Gasteiger partial charge in [-0.15, -0.1) is 0 Å². The first-order valence-corrected chi connectivity index (χ1v) is 11.6. The first kappa shape index (κ1) is 22.1. The van der Waals surface area contributed by atoms with E-state index < -0.39 is 6.23 Å². The number of carbonyl (C=O) groups excluding carboxylic acids is 2. The van der Waals surface area contributed by atoms with Gasteiger partial charge in [0.15, 0.2) is 6.23 Å². The average molecular weight is 460 g/mol. The Bertz CT molecular complexity index is 1030. The molecule has 3 unspecified atom stereocenters. The molecule has 2 aliphatic heterocycles. The van der Waals surface area contributed by atoms with Crippen LogP contribution >= 0.6 is 23.4 Å². The van der Waals surface area contributed by atoms with E-state index in [0.717, 1.165) is 15.5 Å². The molecule has 3 atom stereocenters. The van der Waals surface area contributed by atoms with Gasteiger partial charge >= 0.3 is 0 Å². The third-order valence-corrected chi connectivity index (χ3v) is 7.78. The molecule has 0 aromatic heterocycles. The normalized spacial score (nSPS) is 26.5. The van der Waals surface area contributed by atoms with Crippen LogP contribution in [0.2, 0.25) is 0 Å². The van der Waals surface area contributed by atoms with Crippen molar-refractivity contribution in [1.29, 1.82) is 0 Å². The zero-order chi connectivity index (χ0) is 22.4. The molecule has 2 heterocycles. The molecule has 0 bridgehead atoms. The molecule has 31 heavy (non-hydrogen) atoms. The summed E-state index contributed by atoms with van der Waals surface area (Å²) >= 11 is 8.16. The minimum Gasteiger partial charge on any atom is -0.369 e. The molecule has 1 aromatic rings. The van der Waals surface area contributed by atoms with E-state index in [0.29, 0.717) is 29.0 Å². The molecule has 1 aromatic carbocycles. The molecule has 1 N–H and O–H groups in total. The van der Waals surface area contributed by atoms with Crippen LogP contribution in [0.5, 0.6) is 0 Å². The highest BCUT2D eigenvalue weighted by Crippen LogP contribution is 2.43. The summed E-state index contributed by atoms with van der Waals surface area (Å²) in [6, 6.07) is 6.81. The molecule has 6 nitrogen and oxygen atoms in total. The number of aliphatic hydroxyl groups is 1. The van der Waals surface area contributed by atoms with Crippen LogP contribution in [0.25, 0.3) is 0 Å². The average Bonchev–Trinajstić information content (AvgIpc) is 2.97. The number of hydrogen-bond donors (Lipinski definition) is 1. The molecule has 3 aliphatic rings. The number of halogens is 1. The van der Waals surface area contributed by atoms with Gasteiger partial charge in [-0.3, -0.25) is 9.59 Å². The fourth-order valence-corrected chi connectivity index (χ4v) is 5.86. The van der Waals surface area contributed by atoms with E-state index in [-0.39, 0.29) is 29.7 Å². The standard InChI is InChI=1S/C23H26ClN3O3S/c1-12(2)17-11-19(25-26(4)21(17)28)31-20-13(3)9-14(10-18(20)24)27-22(29)15-7-5-6-8-16(15)23(27)30/h5-8,10,12,14,17,22,29H,9,11H2,1-4H3. The number of hydrazone groups is 1. The minimum absolute atomic E-state index is 0.0384. The van der Waals surface area contributed by atoms with Crippen LogP contribution in [-0.4, -0.2) is 45.0 Å². The van der Waals surface area contributed by atoms with Gasteiger partial charge in [0.2, 0.25) is 5.91 Å². The number of carbonyl (C=O) groups is 2. The topological polar surface area (TPSA) is 73.2 Å². The molecule has 164 valence electrons. The number of thioether (sulfide) groups is 1. The van der Waals surface area contributed by atoms with Crippen LogP contribution in [0, 0.1) is 11.8 Å². The molecule has 0 spiro atoms. The summed E-state index contributed by atoms with van der Waals surface area (Å²) in [6.45, 7) is 6.08. The third-order valence-electron chi connectivity index (χ3n) is 6.10. The van der Waals surface area contributed by atoms with E-state index in [9.17, 15) is 14.7 Å². The summed E-state index contributed by atoms with van der Waals surface area (Å²) in [6.07, 6.45) is 2.02. The Morgan fingerprint density at radius 3 is 2.58 bits per heavy atom. The number of aliphatic hydroxyl groups excluding tert-OH is 1. The molecule has 0 fully saturated rings. The van der Waals surface area contributed by atoms with Crippen molar-refractivity contribution in [1.82, 2.24) is 9.91 Å². The summed E-state index contributed by atoms with van der Waals surface area (Å²) in [7, 11) is 1.69. The molecule has 8 heteroatoms. The second-order valence-electron chi connectivity index (χ2n) is 8.58. The fraction of sp³-hybridized carbons (Fsp3) is 0.435. The van der Waals surface area contributed by atoms with Crippen LogP contribution in [0.15, 0.2) is 51.0 Å². The highest BCUT2D eigenvalue weighted by Gasteiger charge is 2.40. The lowest BCUT2D eigenvalue weighted by molar-refractivity contribution is -0.136. The summed E-state index contributed by atoms with van der Waals surface area (Å²) in [5.41, 5.74) is 2.19. The lowest BCUT2D eigenvalue weighted by Gasteiger charge is -2.33. The molecule has 4 rings (SSSR count). The Kier molecular flexibility index (Phi) is 6.03. The van der Waals surface area contributed by atoms with Gasteiger partial charge in [-0.2, -0.15) is 5.10 Å². The van der Waals surface area contributed by atoms with Crippen molar-refractivity contribution < 1.29 is 14.7 Å². The third kappa shape index (κ3) is 3.95. The summed E-state index contributed by atoms with van der Waals surface area (Å²) in [4.78, 5) is 27.7. The Hall–Kier alpha value is -2.09. The predicted octanol–water partition coefficient (Wildman–Crippen LogP) is 4.48. The monoisotopic (exact) mass is 459 g/mol. The number of benzene rings is 1. The van der Waals surface area contributed by atoms with Crippen molar-refractivity contribution in [3.8, 4) is 0 Å². The van der Waals surface area contributed by atoms with E-state index in [1.807, 2.05) is 32.9 Å². The lowest BCUT2D eigenvalue weighted by Crippen LogP contribution is -2.39. The highest BCUT2D eigenvalue weighted by molar-refractivity contribution is 8.17. The number of hydrogen-bond acceptors (Lipinski definition) is 5. The second-order valence-corrected chi connectivity index (χ2v) is 10.1. The summed E-state index contributed by atoms with van der Waals surface area (Å²) in [5, 5.41) is 18.0. The zero-order valence-electron chi connectivity index (χ0n) is 18.0. The number of allylic oxidation sites excluding steroid dienone is 1. The molecule has 0 saturated heterocycles. The quantitative estimate of drug-likeness (QED) is 0.723. The van der Waals surface area contributed by atoms with Crippen molar-refractivity contribution in [3.05, 3.63) is 57.0 Å². The van der Waals surface area contributed by atoms with Gasteiger partial charge in [-0.25, -0.2) is 5.01 Å². The largest absolute Gasteiger partial charge is 0.369 e. The van der Waals surface area contributed by atoms with Crippen molar-refractivity contribution in [3.63, 3.8) is 0 Å². The molecule has 0 radical (unpaired) electrons. The van der Waals surface area contributed by atoms with Crippen LogP contribution in [-0.2, 0) is 4.79 Å². The van der Waals surface area contributed by atoms with E-state index in [1.165, 1.54) is 21.7 Å². The van der Waals surface area contributed by atoms with Gasteiger partial charge < -0.3 is 10.0 Å². The summed E-state index contributed by atoms with van der Waals surface area (Å²) < 4.78 is 0. The minimum atomic E-state index is -0.981. The molecule has 0 saturated carbocycles. The maximum atomic E-state index is 12.9.